The molecular formula is C30H34N2O5S. The van der Waals surface area contributed by atoms with Gasteiger partial charge in [-0.05, 0) is 82.3 Å². The van der Waals surface area contributed by atoms with Crippen molar-refractivity contribution in [3.63, 3.8) is 0 Å². The van der Waals surface area contributed by atoms with Crippen LogP contribution in [-0.2, 0) is 20.7 Å². The number of carbonyl (C=O) groups is 2. The van der Waals surface area contributed by atoms with Gasteiger partial charge in [-0.2, -0.15) is 5.26 Å². The highest BCUT2D eigenvalue weighted by atomic mass is 32.1. The zero-order chi connectivity index (χ0) is 27.4. The third kappa shape index (κ3) is 6.65. The second kappa shape index (κ2) is 11.4. The lowest BCUT2D eigenvalue weighted by molar-refractivity contribution is -0.144. The van der Waals surface area contributed by atoms with Gasteiger partial charge in [0.2, 0.25) is 0 Å². The van der Waals surface area contributed by atoms with Gasteiger partial charge in [-0.25, -0.2) is 4.79 Å². The van der Waals surface area contributed by atoms with E-state index < -0.39 is 11.5 Å². The molecule has 200 valence electrons. The molecule has 7 nitrogen and oxygen atoms in total. The van der Waals surface area contributed by atoms with Crippen molar-refractivity contribution < 1.29 is 23.8 Å². The second-order valence-corrected chi connectivity index (χ2v) is 11.8. The van der Waals surface area contributed by atoms with Crippen LogP contribution in [0.2, 0.25) is 0 Å². The lowest BCUT2D eigenvalue weighted by atomic mass is 9.94. The Bertz CT molecular complexity index is 1340. The van der Waals surface area contributed by atoms with Gasteiger partial charge in [0.25, 0.3) is 0 Å². The Morgan fingerprint density at radius 1 is 1.16 bits per heavy atom. The van der Waals surface area contributed by atoms with Gasteiger partial charge in [0.1, 0.15) is 17.5 Å². The summed E-state index contributed by atoms with van der Waals surface area (Å²) in [5.41, 5.74) is 0.923. The van der Waals surface area contributed by atoms with Gasteiger partial charge in [-0.3, -0.25) is 4.79 Å². The van der Waals surface area contributed by atoms with E-state index in [2.05, 4.69) is 12.1 Å². The fourth-order valence-corrected chi connectivity index (χ4v) is 5.80. The van der Waals surface area contributed by atoms with E-state index >= 15 is 0 Å². The highest BCUT2D eigenvalue weighted by Crippen LogP contribution is 2.33. The highest BCUT2D eigenvalue weighted by Gasteiger charge is 2.36. The summed E-state index contributed by atoms with van der Waals surface area (Å²) in [5, 5.41) is 10.2. The number of thiophene rings is 1. The summed E-state index contributed by atoms with van der Waals surface area (Å²) >= 11 is 1.59. The molecule has 0 radical (unpaired) electrons. The van der Waals surface area contributed by atoms with E-state index in [1.165, 1.54) is 0 Å². The average molecular weight is 535 g/mol. The summed E-state index contributed by atoms with van der Waals surface area (Å²) in [6.45, 7) is 10.1. The molecule has 1 aliphatic rings. The Hall–Kier alpha value is -3.57. The second-order valence-electron chi connectivity index (χ2n) is 10.6. The lowest BCUT2D eigenvalue weighted by Gasteiger charge is -2.26. The number of carbonyl (C=O) groups excluding carboxylic acids is 2. The van der Waals surface area contributed by atoms with Gasteiger partial charge in [0, 0.05) is 22.0 Å². The number of fused-ring (bicyclic) bond motifs is 1. The number of esters is 1. The van der Waals surface area contributed by atoms with Crippen molar-refractivity contribution in [2.75, 3.05) is 13.2 Å². The zero-order valence-electron chi connectivity index (χ0n) is 22.5. The van der Waals surface area contributed by atoms with E-state index in [0.717, 1.165) is 20.5 Å². The van der Waals surface area contributed by atoms with Gasteiger partial charge in [-0.1, -0.05) is 18.2 Å². The molecule has 38 heavy (non-hydrogen) atoms. The minimum Gasteiger partial charge on any atom is -0.489 e. The predicted octanol–water partition coefficient (Wildman–Crippen LogP) is 6.44. The van der Waals surface area contributed by atoms with E-state index in [9.17, 15) is 14.9 Å². The summed E-state index contributed by atoms with van der Waals surface area (Å²) in [6, 6.07) is 17.4. The Morgan fingerprint density at radius 3 is 2.55 bits per heavy atom. The van der Waals surface area contributed by atoms with E-state index in [-0.39, 0.29) is 24.2 Å². The van der Waals surface area contributed by atoms with Crippen LogP contribution < -0.4 is 4.74 Å². The van der Waals surface area contributed by atoms with Crippen LogP contribution in [0, 0.1) is 11.3 Å². The van der Waals surface area contributed by atoms with Gasteiger partial charge >= 0.3 is 12.1 Å². The number of rotatable bonds is 7. The number of amides is 1. The minimum atomic E-state index is -0.545. The van der Waals surface area contributed by atoms with Crippen molar-refractivity contribution in [3.8, 4) is 11.8 Å². The van der Waals surface area contributed by atoms with Crippen LogP contribution in [0.15, 0.2) is 48.5 Å². The molecule has 2 heterocycles. The quantitative estimate of drug-likeness (QED) is 0.324. The molecule has 8 heteroatoms. The van der Waals surface area contributed by atoms with E-state index in [4.69, 9.17) is 14.2 Å². The van der Waals surface area contributed by atoms with Crippen LogP contribution in [0.25, 0.3) is 10.1 Å². The molecule has 1 saturated heterocycles. The average Bonchev–Trinajstić information content (AvgIpc) is 3.44. The van der Waals surface area contributed by atoms with Crippen molar-refractivity contribution in [2.45, 2.75) is 71.1 Å². The number of nitriles is 1. The van der Waals surface area contributed by atoms with Crippen molar-refractivity contribution in [2.24, 2.45) is 0 Å². The zero-order valence-corrected chi connectivity index (χ0v) is 23.3. The highest BCUT2D eigenvalue weighted by molar-refractivity contribution is 7.19. The molecule has 0 spiro atoms. The number of hydrogen-bond acceptors (Lipinski definition) is 7. The Balaban J connectivity index is 1.46. The largest absolute Gasteiger partial charge is 0.489 e. The molecule has 1 fully saturated rings. The van der Waals surface area contributed by atoms with Gasteiger partial charge < -0.3 is 19.1 Å². The first-order valence-corrected chi connectivity index (χ1v) is 13.7. The van der Waals surface area contributed by atoms with Crippen molar-refractivity contribution in [3.05, 3.63) is 64.5 Å². The Labute approximate surface area is 227 Å². The van der Waals surface area contributed by atoms with E-state index in [1.54, 1.807) is 29.2 Å². The molecule has 1 amide bonds. The topological polar surface area (TPSA) is 88.9 Å². The van der Waals surface area contributed by atoms with Gasteiger partial charge in [0.15, 0.2) is 0 Å². The maximum atomic E-state index is 12.9. The normalized spacial score (nSPS) is 18.2. The Morgan fingerprint density at radius 2 is 1.89 bits per heavy atom. The third-order valence-electron chi connectivity index (χ3n) is 6.43. The molecule has 0 bridgehead atoms. The lowest BCUT2D eigenvalue weighted by Crippen LogP contribution is -2.39. The predicted molar refractivity (Wildman–Crippen MR) is 147 cm³/mol. The maximum absolute atomic E-state index is 12.9. The summed E-state index contributed by atoms with van der Waals surface area (Å²) in [5.74, 6) is -0.0406. The van der Waals surface area contributed by atoms with Crippen LogP contribution in [-0.4, -0.2) is 47.9 Å². The maximum Gasteiger partial charge on any atom is 0.410 e. The molecule has 4 rings (SSSR count). The molecule has 3 aromatic rings. The van der Waals surface area contributed by atoms with Crippen LogP contribution >= 0.6 is 11.3 Å². The number of ether oxygens (including phenoxy) is 3. The molecule has 1 aromatic heterocycles. The van der Waals surface area contributed by atoms with E-state index in [1.807, 2.05) is 64.1 Å². The number of hydrogen-bond donors (Lipinski definition) is 0. The molecule has 0 N–H and O–H groups in total. The van der Waals surface area contributed by atoms with Gasteiger partial charge in [0.05, 0.1) is 30.7 Å². The van der Waals surface area contributed by atoms with Crippen molar-refractivity contribution in [1.82, 2.24) is 4.90 Å². The molecule has 1 unspecified atom stereocenters. The first-order chi connectivity index (χ1) is 18.1. The summed E-state index contributed by atoms with van der Waals surface area (Å²) < 4.78 is 18.1. The Kier molecular flexibility index (Phi) is 8.27. The third-order valence-corrected chi connectivity index (χ3v) is 7.55. The molecule has 3 atom stereocenters. The number of benzene rings is 2. The van der Waals surface area contributed by atoms with E-state index in [0.29, 0.717) is 37.3 Å². The number of likely N-dealkylation sites (tertiary alicyclic amines) is 1. The SMILES string of the molecule is CCOC(=O)C(Cc1cc2ccc(C#N)cc2s1)c1ccc(O[C@H]2C[C@@H](C)N(C(=O)OC(C)(C)C)C2)cc1. The van der Waals surface area contributed by atoms with Gasteiger partial charge in [-0.15, -0.1) is 11.3 Å². The fraction of sp³-hybridized carbons (Fsp3) is 0.433. The minimum absolute atomic E-state index is 0.0212. The van der Waals surface area contributed by atoms with Crippen molar-refractivity contribution >= 4 is 33.5 Å². The van der Waals surface area contributed by atoms with Crippen LogP contribution in [0.3, 0.4) is 0 Å². The summed E-state index contributed by atoms with van der Waals surface area (Å²) in [7, 11) is 0. The molecule has 1 aliphatic heterocycles. The smallest absolute Gasteiger partial charge is 0.410 e. The molecule has 0 aliphatic carbocycles. The molecule has 2 aromatic carbocycles. The number of nitrogens with zero attached hydrogens (tertiary/aromatic N) is 2. The first kappa shape index (κ1) is 27.5. The fourth-order valence-electron chi connectivity index (χ4n) is 4.65. The molecule has 0 saturated carbocycles. The standard InChI is InChI=1S/C30H34N2O5S/c1-6-35-28(33)26(16-25-15-22-8-7-20(17-31)14-27(22)38-25)21-9-11-23(12-10-21)36-24-13-19(2)32(18-24)29(34)37-30(3,4)5/h7-12,14-15,19,24,26H,6,13,16,18H2,1-5H3/t19-,24+,26?/m1/s1. The van der Waals surface area contributed by atoms with Crippen molar-refractivity contribution in [1.29, 1.82) is 5.26 Å². The monoisotopic (exact) mass is 534 g/mol. The van der Waals surface area contributed by atoms with Crippen LogP contribution in [0.4, 0.5) is 4.79 Å². The summed E-state index contributed by atoms with van der Waals surface area (Å²) in [4.78, 5) is 28.2. The van der Waals surface area contributed by atoms with Crippen LogP contribution in [0.5, 0.6) is 5.75 Å². The van der Waals surface area contributed by atoms with Crippen LogP contribution in [0.1, 0.15) is 63.0 Å². The molecular weight excluding hydrogens is 500 g/mol. The first-order valence-electron chi connectivity index (χ1n) is 12.9. The summed E-state index contributed by atoms with van der Waals surface area (Å²) in [6.07, 6.45) is 0.756.